The molecule has 6 nitrogen and oxygen atoms in total. The van der Waals surface area contributed by atoms with Crippen LogP contribution in [0.1, 0.15) is 25.7 Å². The summed E-state index contributed by atoms with van der Waals surface area (Å²) >= 11 is 3.41. The predicted octanol–water partition coefficient (Wildman–Crippen LogP) is 4.33. The SMILES string of the molecule is O=C(Nc1ccc(Br)cc1)N1CCC(C2CCNCC2)CC1.O=C(O)C(F)(F)F. The molecule has 2 heterocycles. The Hall–Kier alpha value is -1.81. The molecule has 0 aliphatic carbocycles. The van der Waals surface area contributed by atoms with E-state index in [1.807, 2.05) is 29.2 Å². The van der Waals surface area contributed by atoms with E-state index in [2.05, 4.69) is 26.6 Å². The van der Waals surface area contributed by atoms with Crippen LogP contribution in [0.4, 0.5) is 23.7 Å². The van der Waals surface area contributed by atoms with Gasteiger partial charge >= 0.3 is 18.2 Å². The minimum atomic E-state index is -5.08. The highest BCUT2D eigenvalue weighted by atomic mass is 79.9. The van der Waals surface area contributed by atoms with Gasteiger partial charge in [0.1, 0.15) is 0 Å². The van der Waals surface area contributed by atoms with Crippen LogP contribution in [0.15, 0.2) is 28.7 Å². The molecule has 0 spiro atoms. The number of nitrogens with zero attached hydrogens (tertiary/aromatic N) is 1. The highest BCUT2D eigenvalue weighted by molar-refractivity contribution is 9.10. The quantitative estimate of drug-likeness (QED) is 0.589. The molecule has 0 saturated carbocycles. The number of anilines is 1. The van der Waals surface area contributed by atoms with Gasteiger partial charge < -0.3 is 20.6 Å². The second-order valence-electron chi connectivity index (χ2n) is 7.15. The lowest BCUT2D eigenvalue weighted by Crippen LogP contribution is -2.43. The van der Waals surface area contributed by atoms with Gasteiger partial charge in [0.15, 0.2) is 0 Å². The van der Waals surface area contributed by atoms with Crippen LogP contribution in [0.5, 0.6) is 0 Å². The molecule has 1 aromatic carbocycles. The zero-order valence-corrected chi connectivity index (χ0v) is 17.4. The summed E-state index contributed by atoms with van der Waals surface area (Å²) in [7, 11) is 0. The maximum Gasteiger partial charge on any atom is 0.490 e. The van der Waals surface area contributed by atoms with Crippen LogP contribution < -0.4 is 10.6 Å². The van der Waals surface area contributed by atoms with Crippen LogP contribution in [0.2, 0.25) is 0 Å². The monoisotopic (exact) mass is 479 g/mol. The molecule has 3 N–H and O–H groups in total. The Labute approximate surface area is 176 Å². The second kappa shape index (κ2) is 10.8. The van der Waals surface area contributed by atoms with Gasteiger partial charge in [-0.3, -0.25) is 0 Å². The molecule has 0 atom stereocenters. The summed E-state index contributed by atoms with van der Waals surface area (Å²) in [5, 5.41) is 13.5. The van der Waals surface area contributed by atoms with E-state index in [4.69, 9.17) is 9.90 Å². The molecule has 2 aliphatic rings. The number of benzene rings is 1. The van der Waals surface area contributed by atoms with E-state index in [9.17, 15) is 18.0 Å². The van der Waals surface area contributed by atoms with Gasteiger partial charge in [0.05, 0.1) is 0 Å². The van der Waals surface area contributed by atoms with Crippen LogP contribution >= 0.6 is 15.9 Å². The van der Waals surface area contributed by atoms with Crippen molar-refractivity contribution in [3.63, 3.8) is 0 Å². The predicted molar refractivity (Wildman–Crippen MR) is 107 cm³/mol. The van der Waals surface area contributed by atoms with E-state index < -0.39 is 12.1 Å². The first kappa shape index (κ1) is 23.5. The van der Waals surface area contributed by atoms with Crippen molar-refractivity contribution in [2.45, 2.75) is 31.9 Å². The maximum absolute atomic E-state index is 12.3. The van der Waals surface area contributed by atoms with Crippen LogP contribution in [0.3, 0.4) is 0 Å². The molecule has 2 saturated heterocycles. The van der Waals surface area contributed by atoms with Gasteiger partial charge in [0.2, 0.25) is 0 Å². The smallest absolute Gasteiger partial charge is 0.475 e. The van der Waals surface area contributed by atoms with Crippen molar-refractivity contribution in [2.24, 2.45) is 11.8 Å². The number of halogens is 4. The Morgan fingerprint density at radius 2 is 1.52 bits per heavy atom. The van der Waals surface area contributed by atoms with Gasteiger partial charge in [-0.05, 0) is 74.9 Å². The fourth-order valence-corrected chi connectivity index (χ4v) is 3.89. The third-order valence-electron chi connectivity index (χ3n) is 5.22. The molecule has 0 unspecified atom stereocenters. The van der Waals surface area contributed by atoms with Crippen molar-refractivity contribution in [3.8, 4) is 0 Å². The summed E-state index contributed by atoms with van der Waals surface area (Å²) in [6, 6.07) is 7.76. The number of urea groups is 1. The second-order valence-corrected chi connectivity index (χ2v) is 8.07. The lowest BCUT2D eigenvalue weighted by Gasteiger charge is -2.37. The first-order valence-electron chi connectivity index (χ1n) is 9.49. The van der Waals surface area contributed by atoms with Gasteiger partial charge in [-0.2, -0.15) is 13.2 Å². The Kier molecular flexibility index (Phi) is 8.76. The number of hydrogen-bond acceptors (Lipinski definition) is 3. The van der Waals surface area contributed by atoms with E-state index >= 15 is 0 Å². The number of amides is 2. The number of piperidine rings is 2. The molecule has 0 radical (unpaired) electrons. The minimum Gasteiger partial charge on any atom is -0.475 e. The molecule has 2 aliphatic heterocycles. The summed E-state index contributed by atoms with van der Waals surface area (Å²) in [5.74, 6) is -1.09. The number of carboxylic acids is 1. The lowest BCUT2D eigenvalue weighted by atomic mass is 9.79. The molecule has 2 fully saturated rings. The van der Waals surface area contributed by atoms with E-state index in [1.165, 1.54) is 12.8 Å². The maximum atomic E-state index is 12.3. The first-order valence-corrected chi connectivity index (χ1v) is 10.3. The minimum absolute atomic E-state index is 0.0334. The van der Waals surface area contributed by atoms with Crippen LogP contribution in [0.25, 0.3) is 0 Å². The Bertz CT molecular complexity index is 672. The van der Waals surface area contributed by atoms with E-state index in [-0.39, 0.29) is 6.03 Å². The molecule has 3 rings (SSSR count). The molecule has 1 aromatic rings. The number of aliphatic carboxylic acids is 1. The van der Waals surface area contributed by atoms with Crippen molar-refractivity contribution in [1.29, 1.82) is 0 Å². The number of carbonyl (C=O) groups is 2. The van der Waals surface area contributed by atoms with Gasteiger partial charge in [-0.15, -0.1) is 0 Å². The zero-order chi connectivity index (χ0) is 21.4. The average molecular weight is 480 g/mol. The summed E-state index contributed by atoms with van der Waals surface area (Å²) in [4.78, 5) is 23.2. The summed E-state index contributed by atoms with van der Waals surface area (Å²) in [6.45, 7) is 4.10. The lowest BCUT2D eigenvalue weighted by molar-refractivity contribution is -0.192. The highest BCUT2D eigenvalue weighted by Gasteiger charge is 2.38. The standard InChI is InChI=1S/C17H24BrN3O.C2HF3O2/c18-15-1-3-16(4-2-15)20-17(22)21-11-7-14(8-12-21)13-5-9-19-10-6-13;3-2(4,5)1(6)7/h1-4,13-14,19H,5-12H2,(H,20,22);(H,6,7). The normalized spacial score (nSPS) is 18.6. The average Bonchev–Trinajstić information content (AvgIpc) is 2.70. The molecule has 2 amide bonds. The van der Waals surface area contributed by atoms with Crippen molar-refractivity contribution >= 4 is 33.6 Å². The van der Waals surface area contributed by atoms with E-state index in [0.717, 1.165) is 61.0 Å². The van der Waals surface area contributed by atoms with Gasteiger partial charge in [0, 0.05) is 23.2 Å². The molecule has 0 aromatic heterocycles. The number of alkyl halides is 3. The van der Waals surface area contributed by atoms with Crippen molar-refractivity contribution in [2.75, 3.05) is 31.5 Å². The Morgan fingerprint density at radius 3 is 2.00 bits per heavy atom. The molecular formula is C19H25BrF3N3O3. The Morgan fingerprint density at radius 1 is 1.03 bits per heavy atom. The molecule has 29 heavy (non-hydrogen) atoms. The van der Waals surface area contributed by atoms with Crippen molar-refractivity contribution in [3.05, 3.63) is 28.7 Å². The number of rotatable bonds is 2. The molecule has 10 heteroatoms. The van der Waals surface area contributed by atoms with Crippen LogP contribution in [-0.2, 0) is 4.79 Å². The summed E-state index contributed by atoms with van der Waals surface area (Å²) < 4.78 is 32.8. The topological polar surface area (TPSA) is 81.7 Å². The van der Waals surface area contributed by atoms with Gasteiger partial charge in [-0.25, -0.2) is 9.59 Å². The fourth-order valence-electron chi connectivity index (χ4n) is 3.63. The third kappa shape index (κ3) is 7.85. The van der Waals surface area contributed by atoms with E-state index in [1.54, 1.807) is 0 Å². The number of hydrogen-bond donors (Lipinski definition) is 3. The van der Waals surface area contributed by atoms with Crippen LogP contribution in [0, 0.1) is 11.8 Å². The number of carboxylic acid groups (broad SMARTS) is 1. The number of nitrogens with one attached hydrogen (secondary N) is 2. The molecular weight excluding hydrogens is 455 g/mol. The summed E-state index contributed by atoms with van der Waals surface area (Å²) in [5.41, 5.74) is 0.855. The number of carbonyl (C=O) groups excluding carboxylic acids is 1. The molecule has 0 bridgehead atoms. The third-order valence-corrected chi connectivity index (χ3v) is 5.74. The van der Waals surface area contributed by atoms with Gasteiger partial charge in [-0.1, -0.05) is 15.9 Å². The van der Waals surface area contributed by atoms with Crippen molar-refractivity contribution < 1.29 is 27.9 Å². The highest BCUT2D eigenvalue weighted by Crippen LogP contribution is 2.31. The van der Waals surface area contributed by atoms with Gasteiger partial charge in [0.25, 0.3) is 0 Å². The van der Waals surface area contributed by atoms with Crippen LogP contribution in [-0.4, -0.2) is 54.4 Å². The Balaban J connectivity index is 0.000000370. The van der Waals surface area contributed by atoms with Crippen molar-refractivity contribution in [1.82, 2.24) is 10.2 Å². The first-order chi connectivity index (χ1) is 13.7. The largest absolute Gasteiger partial charge is 0.490 e. The zero-order valence-electron chi connectivity index (χ0n) is 15.8. The number of likely N-dealkylation sites (tertiary alicyclic amines) is 1. The van der Waals surface area contributed by atoms with E-state index in [0.29, 0.717) is 0 Å². The fraction of sp³-hybridized carbons (Fsp3) is 0.579. The summed E-state index contributed by atoms with van der Waals surface area (Å²) in [6.07, 6.45) is -0.178. The molecule has 162 valence electrons.